The summed E-state index contributed by atoms with van der Waals surface area (Å²) >= 11 is 0. The maximum atomic E-state index is 12.0. The van der Waals surface area contributed by atoms with Crippen LogP contribution in [0.4, 0.5) is 5.69 Å². The van der Waals surface area contributed by atoms with E-state index >= 15 is 0 Å². The van der Waals surface area contributed by atoms with E-state index < -0.39 is 6.10 Å². The van der Waals surface area contributed by atoms with Crippen LogP contribution in [0.15, 0.2) is 0 Å². The van der Waals surface area contributed by atoms with E-state index in [9.17, 15) is 9.90 Å². The van der Waals surface area contributed by atoms with Crippen molar-refractivity contribution in [2.45, 2.75) is 53.1 Å². The summed E-state index contributed by atoms with van der Waals surface area (Å²) in [5.41, 5.74) is 7.29. The van der Waals surface area contributed by atoms with Gasteiger partial charge in [-0.3, -0.25) is 9.89 Å². The van der Waals surface area contributed by atoms with Crippen LogP contribution in [0.25, 0.3) is 0 Å². The summed E-state index contributed by atoms with van der Waals surface area (Å²) in [6.07, 6.45) is 1.73. The zero-order valence-corrected chi connectivity index (χ0v) is 12.8. The van der Waals surface area contributed by atoms with E-state index in [1.165, 1.54) is 0 Å². The topological polar surface area (TPSA) is 104 Å². The Balaban J connectivity index is 2.55. The number of aromatic nitrogens is 2. The predicted molar refractivity (Wildman–Crippen MR) is 79.4 cm³/mol. The number of nitrogens with zero attached hydrogens (tertiary/aromatic N) is 1. The van der Waals surface area contributed by atoms with Gasteiger partial charge in [0.25, 0.3) is 5.91 Å². The number of aromatic amines is 1. The minimum Gasteiger partial charge on any atom is -0.395 e. The van der Waals surface area contributed by atoms with Crippen molar-refractivity contribution in [3.63, 3.8) is 0 Å². The molecule has 6 heteroatoms. The second-order valence-corrected chi connectivity index (χ2v) is 6.34. The van der Waals surface area contributed by atoms with E-state index in [1.807, 2.05) is 27.7 Å². The van der Waals surface area contributed by atoms with E-state index in [-0.39, 0.29) is 23.6 Å². The summed E-state index contributed by atoms with van der Waals surface area (Å²) < 4.78 is 0. The third-order valence-corrected chi connectivity index (χ3v) is 2.94. The third-order valence-electron chi connectivity index (χ3n) is 2.94. The highest BCUT2D eigenvalue weighted by atomic mass is 16.3. The average Bonchev–Trinajstić information content (AvgIpc) is 2.67. The fraction of sp³-hybridized carbons (Fsp3) is 0.714. The Morgan fingerprint density at radius 2 is 2.15 bits per heavy atom. The van der Waals surface area contributed by atoms with Crippen molar-refractivity contribution in [2.75, 3.05) is 12.3 Å². The first-order valence-corrected chi connectivity index (χ1v) is 7.03. The van der Waals surface area contributed by atoms with E-state index in [1.54, 1.807) is 0 Å². The molecule has 0 bridgehead atoms. The minimum absolute atomic E-state index is 0.0177. The largest absolute Gasteiger partial charge is 0.395 e. The summed E-state index contributed by atoms with van der Waals surface area (Å²) in [5.74, 6) is -0.353. The predicted octanol–water partition coefficient (Wildman–Crippen LogP) is 1.47. The van der Waals surface area contributed by atoms with Gasteiger partial charge in [-0.1, -0.05) is 34.1 Å². The average molecular weight is 282 g/mol. The van der Waals surface area contributed by atoms with E-state index in [2.05, 4.69) is 15.5 Å². The zero-order chi connectivity index (χ0) is 15.3. The van der Waals surface area contributed by atoms with Gasteiger partial charge in [-0.2, -0.15) is 5.10 Å². The Bertz CT molecular complexity index is 449. The van der Waals surface area contributed by atoms with Crippen molar-refractivity contribution in [3.8, 4) is 0 Å². The zero-order valence-electron chi connectivity index (χ0n) is 12.8. The van der Waals surface area contributed by atoms with Crippen LogP contribution >= 0.6 is 0 Å². The molecule has 0 aliphatic carbocycles. The number of hydrogen-bond acceptors (Lipinski definition) is 4. The SMILES string of the molecule is CCCc1[nH]nc(C(=O)NCC(O)CC(C)(C)C)c1N. The molecule has 0 fully saturated rings. The lowest BCUT2D eigenvalue weighted by molar-refractivity contribution is 0.0865. The van der Waals surface area contributed by atoms with Gasteiger partial charge >= 0.3 is 0 Å². The summed E-state index contributed by atoms with van der Waals surface area (Å²) in [6, 6.07) is 0. The number of anilines is 1. The lowest BCUT2D eigenvalue weighted by atomic mass is 9.89. The second-order valence-electron chi connectivity index (χ2n) is 6.34. The van der Waals surface area contributed by atoms with Gasteiger partial charge in [-0.25, -0.2) is 0 Å². The fourth-order valence-corrected chi connectivity index (χ4v) is 2.07. The molecule has 6 nitrogen and oxygen atoms in total. The highest BCUT2D eigenvalue weighted by Gasteiger charge is 2.20. The van der Waals surface area contributed by atoms with E-state index in [0.29, 0.717) is 12.1 Å². The van der Waals surface area contributed by atoms with E-state index in [4.69, 9.17) is 5.73 Å². The van der Waals surface area contributed by atoms with Crippen LogP contribution in [0.3, 0.4) is 0 Å². The molecule has 1 aromatic heterocycles. The van der Waals surface area contributed by atoms with Crippen molar-refractivity contribution in [1.29, 1.82) is 0 Å². The smallest absolute Gasteiger partial charge is 0.274 e. The van der Waals surface area contributed by atoms with Crippen molar-refractivity contribution < 1.29 is 9.90 Å². The van der Waals surface area contributed by atoms with Crippen molar-refractivity contribution in [1.82, 2.24) is 15.5 Å². The summed E-state index contributed by atoms with van der Waals surface area (Å²) in [5, 5.41) is 19.3. The Morgan fingerprint density at radius 1 is 1.50 bits per heavy atom. The van der Waals surface area contributed by atoms with Crippen LogP contribution in [-0.2, 0) is 6.42 Å². The number of aliphatic hydroxyl groups is 1. The molecule has 1 amide bonds. The number of rotatable bonds is 6. The highest BCUT2D eigenvalue weighted by molar-refractivity contribution is 5.97. The number of nitrogen functional groups attached to an aromatic ring is 1. The lowest BCUT2D eigenvalue weighted by Crippen LogP contribution is -2.34. The number of nitrogens with one attached hydrogen (secondary N) is 2. The first kappa shape index (κ1) is 16.5. The van der Waals surface area contributed by atoms with Gasteiger partial charge in [0, 0.05) is 6.54 Å². The number of hydrogen-bond donors (Lipinski definition) is 4. The van der Waals surface area contributed by atoms with Crippen molar-refractivity contribution in [2.24, 2.45) is 5.41 Å². The maximum absolute atomic E-state index is 12.0. The molecule has 0 saturated heterocycles. The molecular formula is C14H26N4O2. The number of aliphatic hydroxyl groups excluding tert-OH is 1. The maximum Gasteiger partial charge on any atom is 0.274 e. The number of nitrogens with two attached hydrogens (primary N) is 1. The van der Waals surface area contributed by atoms with Gasteiger partial charge in [-0.05, 0) is 18.3 Å². The lowest BCUT2D eigenvalue weighted by Gasteiger charge is -2.22. The normalized spacial score (nSPS) is 13.2. The van der Waals surface area contributed by atoms with Gasteiger partial charge in [-0.15, -0.1) is 0 Å². The van der Waals surface area contributed by atoms with Gasteiger partial charge < -0.3 is 16.2 Å². The first-order chi connectivity index (χ1) is 9.24. The van der Waals surface area contributed by atoms with Crippen molar-refractivity contribution >= 4 is 11.6 Å². The number of carbonyl (C=O) groups is 1. The molecule has 0 radical (unpaired) electrons. The minimum atomic E-state index is -0.575. The van der Waals surface area contributed by atoms with Crippen LogP contribution in [0, 0.1) is 5.41 Å². The van der Waals surface area contributed by atoms with Crippen LogP contribution in [0.1, 0.15) is 56.7 Å². The number of aryl methyl sites for hydroxylation is 1. The molecule has 0 saturated carbocycles. The molecule has 0 aromatic carbocycles. The van der Waals surface area contributed by atoms with Gasteiger partial charge in [0.05, 0.1) is 17.5 Å². The monoisotopic (exact) mass is 282 g/mol. The second kappa shape index (κ2) is 6.74. The molecule has 1 aromatic rings. The molecule has 5 N–H and O–H groups in total. The Hall–Kier alpha value is -1.56. The molecule has 1 heterocycles. The summed E-state index contributed by atoms with van der Waals surface area (Å²) in [4.78, 5) is 12.0. The van der Waals surface area contributed by atoms with Crippen LogP contribution in [-0.4, -0.2) is 33.9 Å². The first-order valence-electron chi connectivity index (χ1n) is 7.03. The molecule has 0 spiro atoms. The molecule has 1 unspecified atom stereocenters. The third kappa shape index (κ3) is 4.85. The number of amides is 1. The van der Waals surface area contributed by atoms with Crippen molar-refractivity contribution in [3.05, 3.63) is 11.4 Å². The van der Waals surface area contributed by atoms with E-state index in [0.717, 1.165) is 18.5 Å². The Labute approximate surface area is 120 Å². The number of H-pyrrole nitrogens is 1. The summed E-state index contributed by atoms with van der Waals surface area (Å²) in [7, 11) is 0. The Kier molecular flexibility index (Phi) is 5.56. The molecule has 20 heavy (non-hydrogen) atoms. The standard InChI is InChI=1S/C14H26N4O2/c1-5-6-10-11(15)12(18-17-10)13(20)16-8-9(19)7-14(2,3)4/h9,19H,5-8,15H2,1-4H3,(H,16,20)(H,17,18). The highest BCUT2D eigenvalue weighted by Crippen LogP contribution is 2.20. The van der Waals surface area contributed by atoms with Gasteiger partial charge in [0.2, 0.25) is 0 Å². The summed E-state index contributed by atoms with van der Waals surface area (Å²) in [6.45, 7) is 8.36. The quantitative estimate of drug-likeness (QED) is 0.634. The molecular weight excluding hydrogens is 256 g/mol. The number of carbonyl (C=O) groups excluding carboxylic acids is 1. The van der Waals surface area contributed by atoms with Gasteiger partial charge in [0.15, 0.2) is 5.69 Å². The molecule has 1 atom stereocenters. The van der Waals surface area contributed by atoms with Crippen LogP contribution in [0.2, 0.25) is 0 Å². The molecule has 0 aliphatic rings. The van der Waals surface area contributed by atoms with Crippen LogP contribution in [0.5, 0.6) is 0 Å². The fourth-order valence-electron chi connectivity index (χ4n) is 2.07. The van der Waals surface area contributed by atoms with Crippen LogP contribution < -0.4 is 11.1 Å². The van der Waals surface area contributed by atoms with Gasteiger partial charge in [0.1, 0.15) is 0 Å². The Morgan fingerprint density at radius 3 is 2.70 bits per heavy atom. The molecule has 0 aliphatic heterocycles. The molecule has 1 rings (SSSR count). The molecule has 114 valence electrons.